The molecule has 2 unspecified atom stereocenters. The number of hydrogen-bond donors (Lipinski definition) is 0. The molecular weight excluding hydrogens is 356 g/mol. The molecule has 21 heavy (non-hydrogen) atoms. The maximum Gasteiger partial charge on any atom is 0.250 e. The third-order valence-electron chi connectivity index (χ3n) is 4.29. The largest absolute Gasteiger partial charge is 0.329 e. The maximum absolute atomic E-state index is 12.8. The van der Waals surface area contributed by atoms with E-state index in [9.17, 15) is 9.59 Å². The van der Waals surface area contributed by atoms with Crippen LogP contribution in [0.4, 0.5) is 5.69 Å². The van der Waals surface area contributed by atoms with Gasteiger partial charge in [0.1, 0.15) is 12.1 Å². The number of rotatable bonds is 1. The van der Waals surface area contributed by atoms with Gasteiger partial charge in [-0.1, -0.05) is 11.6 Å². The number of aryl methyl sites for hydroxylation is 1. The first-order valence-electron chi connectivity index (χ1n) is 7.01. The third-order valence-corrected chi connectivity index (χ3v) is 5.33. The number of piperazine rings is 1. The van der Waals surface area contributed by atoms with Crippen LogP contribution in [0, 0.1) is 6.92 Å². The number of carbonyl (C=O) groups excluding carboxylic acids is 2. The van der Waals surface area contributed by atoms with Gasteiger partial charge in [0.15, 0.2) is 0 Å². The average Bonchev–Trinajstić information content (AvgIpc) is 2.92. The maximum atomic E-state index is 12.8. The first-order chi connectivity index (χ1) is 9.91. The summed E-state index contributed by atoms with van der Waals surface area (Å²) in [5.41, 5.74) is 1.60. The second kappa shape index (κ2) is 5.29. The molecule has 0 bridgehead atoms. The van der Waals surface area contributed by atoms with E-state index in [1.54, 1.807) is 22.8 Å². The van der Waals surface area contributed by atoms with Crippen molar-refractivity contribution in [3.05, 3.63) is 27.2 Å². The quantitative estimate of drug-likeness (QED) is 0.761. The molecule has 3 rings (SSSR count). The van der Waals surface area contributed by atoms with E-state index in [-0.39, 0.29) is 17.9 Å². The van der Waals surface area contributed by atoms with Gasteiger partial charge in [0.25, 0.3) is 5.91 Å². The number of anilines is 1. The summed E-state index contributed by atoms with van der Waals surface area (Å²) in [6.45, 7) is 4.36. The van der Waals surface area contributed by atoms with Crippen LogP contribution in [0.1, 0.15) is 25.3 Å². The zero-order chi connectivity index (χ0) is 15.3. The van der Waals surface area contributed by atoms with Crippen molar-refractivity contribution in [1.82, 2.24) is 4.90 Å². The van der Waals surface area contributed by atoms with Gasteiger partial charge in [-0.3, -0.25) is 14.5 Å². The van der Waals surface area contributed by atoms with E-state index in [2.05, 4.69) is 15.9 Å². The molecule has 2 aliphatic rings. The Morgan fingerprint density at radius 2 is 2.00 bits per heavy atom. The molecular formula is C15H16BrClN2O2. The van der Waals surface area contributed by atoms with E-state index in [0.29, 0.717) is 17.3 Å². The van der Waals surface area contributed by atoms with Gasteiger partial charge in [0.2, 0.25) is 5.91 Å². The van der Waals surface area contributed by atoms with Crippen molar-refractivity contribution in [2.24, 2.45) is 0 Å². The average molecular weight is 372 g/mol. The standard InChI is InChI=1S/C15H16BrClN2O2/c1-8-6-10(16)13(7-11(8)17)19-9(2)14(20)18-5-3-4-12(18)15(19)21/h6-7,9,12H,3-5H2,1-2H3. The van der Waals surface area contributed by atoms with Crippen LogP contribution in [0.25, 0.3) is 0 Å². The summed E-state index contributed by atoms with van der Waals surface area (Å²) in [5, 5.41) is 0.592. The number of halogens is 2. The first kappa shape index (κ1) is 14.9. The first-order valence-corrected chi connectivity index (χ1v) is 8.18. The van der Waals surface area contributed by atoms with Crippen LogP contribution in [0.3, 0.4) is 0 Å². The van der Waals surface area contributed by atoms with E-state index >= 15 is 0 Å². The Labute approximate surface area is 137 Å². The normalized spacial score (nSPS) is 25.5. The summed E-state index contributed by atoms with van der Waals surface area (Å²) in [7, 11) is 0. The summed E-state index contributed by atoms with van der Waals surface area (Å²) in [4.78, 5) is 28.6. The zero-order valence-corrected chi connectivity index (χ0v) is 14.2. The van der Waals surface area contributed by atoms with E-state index in [0.717, 1.165) is 22.9 Å². The highest BCUT2D eigenvalue weighted by atomic mass is 79.9. The van der Waals surface area contributed by atoms with Crippen LogP contribution in [0.15, 0.2) is 16.6 Å². The molecule has 2 saturated heterocycles. The van der Waals surface area contributed by atoms with Crippen molar-refractivity contribution in [3.63, 3.8) is 0 Å². The lowest BCUT2D eigenvalue weighted by molar-refractivity contribution is -0.143. The number of amides is 2. The fourth-order valence-electron chi connectivity index (χ4n) is 3.14. The topological polar surface area (TPSA) is 40.6 Å². The monoisotopic (exact) mass is 370 g/mol. The van der Waals surface area contributed by atoms with E-state index in [1.807, 2.05) is 13.0 Å². The summed E-state index contributed by atoms with van der Waals surface area (Å²) in [6.07, 6.45) is 1.63. The fraction of sp³-hybridized carbons (Fsp3) is 0.467. The van der Waals surface area contributed by atoms with Gasteiger partial charge in [0.05, 0.1) is 5.69 Å². The Morgan fingerprint density at radius 3 is 2.71 bits per heavy atom. The number of nitrogens with zero attached hydrogens (tertiary/aromatic N) is 2. The van der Waals surface area contributed by atoms with Gasteiger partial charge in [0, 0.05) is 16.0 Å². The van der Waals surface area contributed by atoms with Crippen LogP contribution in [0.5, 0.6) is 0 Å². The molecule has 0 N–H and O–H groups in total. The Kier molecular flexibility index (Phi) is 3.74. The van der Waals surface area contributed by atoms with E-state index in [4.69, 9.17) is 11.6 Å². The van der Waals surface area contributed by atoms with Gasteiger partial charge >= 0.3 is 0 Å². The van der Waals surface area contributed by atoms with E-state index in [1.165, 1.54) is 0 Å². The molecule has 2 aliphatic heterocycles. The molecule has 0 aliphatic carbocycles. The van der Waals surface area contributed by atoms with Gasteiger partial charge in [-0.15, -0.1) is 0 Å². The molecule has 4 nitrogen and oxygen atoms in total. The second-order valence-corrected chi connectivity index (χ2v) is 6.89. The molecule has 2 heterocycles. The van der Waals surface area contributed by atoms with Crippen molar-refractivity contribution in [1.29, 1.82) is 0 Å². The molecule has 2 amide bonds. The summed E-state index contributed by atoms with van der Waals surface area (Å²) in [5.74, 6) is 0.000849. The Balaban J connectivity index is 2.06. The molecule has 1 aromatic carbocycles. The van der Waals surface area contributed by atoms with Crippen LogP contribution in [0.2, 0.25) is 5.02 Å². The van der Waals surface area contributed by atoms with Crippen LogP contribution in [-0.2, 0) is 9.59 Å². The predicted octanol–water partition coefficient (Wildman–Crippen LogP) is 3.14. The number of carbonyl (C=O) groups is 2. The summed E-state index contributed by atoms with van der Waals surface area (Å²) < 4.78 is 0.781. The summed E-state index contributed by atoms with van der Waals surface area (Å²) >= 11 is 9.68. The molecule has 2 fully saturated rings. The van der Waals surface area contributed by atoms with Crippen molar-refractivity contribution < 1.29 is 9.59 Å². The van der Waals surface area contributed by atoms with Gasteiger partial charge in [-0.05, 0) is 60.3 Å². The zero-order valence-electron chi connectivity index (χ0n) is 11.9. The molecule has 0 radical (unpaired) electrons. The minimum absolute atomic E-state index is 0.0137. The molecule has 0 saturated carbocycles. The minimum atomic E-state index is -0.498. The lowest BCUT2D eigenvalue weighted by Gasteiger charge is -2.41. The molecule has 112 valence electrons. The molecule has 1 aromatic rings. The lowest BCUT2D eigenvalue weighted by Crippen LogP contribution is -2.62. The van der Waals surface area contributed by atoms with Crippen molar-refractivity contribution >= 4 is 45.0 Å². The number of fused-ring (bicyclic) bond motifs is 1. The summed E-state index contributed by atoms with van der Waals surface area (Å²) in [6, 6.07) is 2.82. The smallest absolute Gasteiger partial charge is 0.250 e. The van der Waals surface area contributed by atoms with Crippen LogP contribution < -0.4 is 4.90 Å². The van der Waals surface area contributed by atoms with Crippen LogP contribution in [-0.4, -0.2) is 35.3 Å². The Morgan fingerprint density at radius 1 is 1.29 bits per heavy atom. The van der Waals surface area contributed by atoms with Crippen molar-refractivity contribution in [3.8, 4) is 0 Å². The van der Waals surface area contributed by atoms with Crippen molar-refractivity contribution in [2.75, 3.05) is 11.4 Å². The Bertz CT molecular complexity index is 634. The minimum Gasteiger partial charge on any atom is -0.329 e. The predicted molar refractivity (Wildman–Crippen MR) is 85.6 cm³/mol. The Hall–Kier alpha value is -1.07. The SMILES string of the molecule is Cc1cc(Br)c(N2C(=O)C3CCCN3C(=O)C2C)cc1Cl. The van der Waals surface area contributed by atoms with Crippen molar-refractivity contribution in [2.45, 2.75) is 38.8 Å². The molecule has 2 atom stereocenters. The lowest BCUT2D eigenvalue weighted by atomic mass is 10.0. The molecule has 0 spiro atoms. The van der Waals surface area contributed by atoms with Gasteiger partial charge in [-0.2, -0.15) is 0 Å². The third kappa shape index (κ3) is 2.27. The fourth-order valence-corrected chi connectivity index (χ4v) is 3.94. The number of benzene rings is 1. The molecule has 6 heteroatoms. The van der Waals surface area contributed by atoms with Crippen LogP contribution >= 0.6 is 27.5 Å². The highest BCUT2D eigenvalue weighted by molar-refractivity contribution is 9.10. The highest BCUT2D eigenvalue weighted by Gasteiger charge is 2.46. The highest BCUT2D eigenvalue weighted by Crippen LogP contribution is 2.37. The molecule has 0 aromatic heterocycles. The van der Waals surface area contributed by atoms with Gasteiger partial charge in [-0.25, -0.2) is 0 Å². The van der Waals surface area contributed by atoms with E-state index < -0.39 is 6.04 Å². The van der Waals surface area contributed by atoms with Gasteiger partial charge < -0.3 is 4.90 Å². The number of hydrogen-bond acceptors (Lipinski definition) is 2. The second-order valence-electron chi connectivity index (χ2n) is 5.63.